The second-order valence-electron chi connectivity index (χ2n) is 7.96. The van der Waals surface area contributed by atoms with Crippen LogP contribution in [0, 0.1) is 0 Å². The van der Waals surface area contributed by atoms with Gasteiger partial charge in [0, 0.05) is 11.3 Å². The molecule has 1 unspecified atom stereocenters. The van der Waals surface area contributed by atoms with E-state index in [-0.39, 0.29) is 5.75 Å². The molecule has 0 bridgehead atoms. The molecule has 1 saturated heterocycles. The lowest BCUT2D eigenvalue weighted by Crippen LogP contribution is -2.42. The highest BCUT2D eigenvalue weighted by Gasteiger charge is 2.49. The molecule has 5 amide bonds. The van der Waals surface area contributed by atoms with Crippen LogP contribution < -0.4 is 25.8 Å². The third-order valence-corrected chi connectivity index (χ3v) is 6.53. The molecule has 0 saturated carbocycles. The summed E-state index contributed by atoms with van der Waals surface area (Å²) in [5, 5.41) is 5.38. The van der Waals surface area contributed by atoms with Gasteiger partial charge in [-0.25, -0.2) is 4.79 Å². The van der Waals surface area contributed by atoms with Gasteiger partial charge in [0.25, 0.3) is 5.91 Å². The number of carbonyl (C=O) groups is 4. The number of rotatable bonds is 7. The molecule has 2 heterocycles. The average molecular weight is 485 g/mol. The van der Waals surface area contributed by atoms with E-state index in [0.29, 0.717) is 40.9 Å². The summed E-state index contributed by atoms with van der Waals surface area (Å²) in [6, 6.07) is 11.3. The van der Waals surface area contributed by atoms with E-state index < -0.39 is 35.8 Å². The van der Waals surface area contributed by atoms with E-state index in [1.54, 1.807) is 49.4 Å². The fourth-order valence-corrected chi connectivity index (χ4v) is 4.44. The number of nitrogens with two attached hydrogens (primary N) is 1. The Kier molecular flexibility index (Phi) is 6.64. The van der Waals surface area contributed by atoms with Gasteiger partial charge >= 0.3 is 6.03 Å². The van der Waals surface area contributed by atoms with Crippen molar-refractivity contribution >= 4 is 41.2 Å². The number of hydrogen-bond donors (Lipinski definition) is 3. The molecule has 4 rings (SSSR count). The summed E-state index contributed by atoms with van der Waals surface area (Å²) in [5.74, 6) is -0.477. The lowest BCUT2D eigenvalue weighted by molar-refractivity contribution is -0.133. The number of nitrogens with one attached hydrogen (secondary N) is 2. The van der Waals surface area contributed by atoms with Gasteiger partial charge in [0.2, 0.25) is 11.8 Å². The lowest BCUT2D eigenvalue weighted by Gasteiger charge is -2.23. The van der Waals surface area contributed by atoms with Crippen LogP contribution >= 0.6 is 11.8 Å². The number of benzene rings is 2. The van der Waals surface area contributed by atoms with Crippen molar-refractivity contribution < 1.29 is 28.7 Å². The van der Waals surface area contributed by atoms with Crippen LogP contribution in [0.4, 0.5) is 10.5 Å². The Morgan fingerprint density at radius 1 is 1.15 bits per heavy atom. The highest BCUT2D eigenvalue weighted by Crippen LogP contribution is 2.36. The van der Waals surface area contributed by atoms with E-state index in [1.165, 1.54) is 11.8 Å². The number of thioether (sulfide) groups is 1. The van der Waals surface area contributed by atoms with E-state index in [0.717, 1.165) is 11.3 Å². The molecule has 1 fully saturated rings. The summed E-state index contributed by atoms with van der Waals surface area (Å²) in [6.45, 7) is 2.13. The first-order chi connectivity index (χ1) is 16.3. The van der Waals surface area contributed by atoms with Crippen molar-refractivity contribution in [2.24, 2.45) is 5.73 Å². The van der Waals surface area contributed by atoms with Crippen LogP contribution in [0.1, 0.15) is 18.9 Å². The van der Waals surface area contributed by atoms with Crippen molar-refractivity contribution in [1.29, 1.82) is 0 Å². The SMILES string of the molecule is CC1(c2ccc3c(c2)OCCCO3)NC(=O)N(CC(=O)Nc2ccccc2SCC(N)=O)C1=O. The average Bonchev–Trinajstić information content (AvgIpc) is 2.97. The molecule has 0 spiro atoms. The Hall–Kier alpha value is -3.73. The molecule has 2 aromatic rings. The van der Waals surface area contributed by atoms with Gasteiger partial charge in [-0.15, -0.1) is 11.8 Å². The van der Waals surface area contributed by atoms with E-state index >= 15 is 0 Å². The van der Waals surface area contributed by atoms with E-state index in [1.807, 2.05) is 0 Å². The van der Waals surface area contributed by atoms with Crippen LogP contribution in [0.15, 0.2) is 47.4 Å². The molecule has 2 aliphatic rings. The predicted molar refractivity (Wildman–Crippen MR) is 125 cm³/mol. The van der Waals surface area contributed by atoms with Gasteiger partial charge in [0.15, 0.2) is 11.5 Å². The van der Waals surface area contributed by atoms with Gasteiger partial charge in [-0.3, -0.25) is 19.3 Å². The summed E-state index contributed by atoms with van der Waals surface area (Å²) in [5.41, 5.74) is 4.81. The quantitative estimate of drug-likeness (QED) is 0.402. The number of primary amides is 1. The smallest absolute Gasteiger partial charge is 0.325 e. The predicted octanol–water partition coefficient (Wildman–Crippen LogP) is 1.83. The van der Waals surface area contributed by atoms with Crippen LogP contribution in [-0.2, 0) is 19.9 Å². The molecule has 11 heteroatoms. The van der Waals surface area contributed by atoms with Crippen LogP contribution in [0.2, 0.25) is 0 Å². The second kappa shape index (κ2) is 9.64. The number of ether oxygens (including phenoxy) is 2. The summed E-state index contributed by atoms with van der Waals surface area (Å²) < 4.78 is 11.3. The van der Waals surface area contributed by atoms with E-state index in [2.05, 4.69) is 10.6 Å². The highest BCUT2D eigenvalue weighted by molar-refractivity contribution is 8.00. The molecule has 178 valence electrons. The Balaban J connectivity index is 1.48. The number of imide groups is 1. The van der Waals surface area contributed by atoms with Crippen molar-refractivity contribution in [3.63, 3.8) is 0 Å². The largest absolute Gasteiger partial charge is 0.490 e. The first kappa shape index (κ1) is 23.4. The minimum atomic E-state index is -1.36. The van der Waals surface area contributed by atoms with Crippen LogP contribution in [0.25, 0.3) is 0 Å². The first-order valence-electron chi connectivity index (χ1n) is 10.6. The van der Waals surface area contributed by atoms with Gasteiger partial charge in [0.1, 0.15) is 12.1 Å². The molecule has 0 radical (unpaired) electrons. The highest BCUT2D eigenvalue weighted by atomic mass is 32.2. The fraction of sp³-hybridized carbons (Fsp3) is 0.304. The maximum Gasteiger partial charge on any atom is 0.325 e. The van der Waals surface area contributed by atoms with Gasteiger partial charge in [0.05, 0.1) is 24.7 Å². The van der Waals surface area contributed by atoms with Crippen LogP contribution in [-0.4, -0.2) is 54.2 Å². The zero-order valence-corrected chi connectivity index (χ0v) is 19.3. The summed E-state index contributed by atoms with van der Waals surface area (Å²) >= 11 is 1.18. The standard InChI is InChI=1S/C23H24N4O6S/c1-23(14-7-8-16-17(11-14)33-10-4-9-32-16)21(30)27(22(31)26-23)12-20(29)25-15-5-2-3-6-18(15)34-13-19(24)28/h2-3,5-8,11H,4,9-10,12-13H2,1H3,(H2,24,28)(H,25,29)(H,26,31). The molecule has 0 aromatic heterocycles. The summed E-state index contributed by atoms with van der Waals surface area (Å²) in [7, 11) is 0. The zero-order valence-electron chi connectivity index (χ0n) is 18.5. The topological polar surface area (TPSA) is 140 Å². The first-order valence-corrected chi connectivity index (χ1v) is 11.6. The Morgan fingerprint density at radius 3 is 2.65 bits per heavy atom. The van der Waals surface area contributed by atoms with Gasteiger partial charge in [-0.05, 0) is 36.8 Å². The van der Waals surface area contributed by atoms with Crippen molar-refractivity contribution in [3.8, 4) is 11.5 Å². The number of urea groups is 1. The third-order valence-electron chi connectivity index (χ3n) is 5.43. The van der Waals surface area contributed by atoms with Crippen molar-refractivity contribution in [3.05, 3.63) is 48.0 Å². The molecule has 10 nitrogen and oxygen atoms in total. The van der Waals surface area contributed by atoms with E-state index in [4.69, 9.17) is 15.2 Å². The molecule has 2 aromatic carbocycles. The molecular weight excluding hydrogens is 460 g/mol. The van der Waals surface area contributed by atoms with Crippen molar-refractivity contribution in [2.45, 2.75) is 23.8 Å². The molecule has 34 heavy (non-hydrogen) atoms. The molecular formula is C23H24N4O6S. The van der Waals surface area contributed by atoms with Crippen LogP contribution in [0.3, 0.4) is 0 Å². The molecule has 0 aliphatic carbocycles. The fourth-order valence-electron chi connectivity index (χ4n) is 3.69. The lowest BCUT2D eigenvalue weighted by atomic mass is 9.91. The Morgan fingerprint density at radius 2 is 1.88 bits per heavy atom. The number of carbonyl (C=O) groups excluding carboxylic acids is 4. The number of anilines is 1. The van der Waals surface area contributed by atoms with Gasteiger partial charge in [-0.2, -0.15) is 0 Å². The second-order valence-corrected chi connectivity index (χ2v) is 8.97. The molecule has 4 N–H and O–H groups in total. The summed E-state index contributed by atoms with van der Waals surface area (Å²) in [4.78, 5) is 51.2. The number of fused-ring (bicyclic) bond motifs is 1. The minimum absolute atomic E-state index is 0.0494. The van der Waals surface area contributed by atoms with E-state index in [9.17, 15) is 19.2 Å². The number of para-hydroxylation sites is 1. The summed E-state index contributed by atoms with van der Waals surface area (Å²) in [6.07, 6.45) is 0.740. The van der Waals surface area contributed by atoms with Crippen molar-refractivity contribution in [1.82, 2.24) is 10.2 Å². The van der Waals surface area contributed by atoms with Crippen LogP contribution in [0.5, 0.6) is 11.5 Å². The maximum absolute atomic E-state index is 13.2. The number of hydrogen-bond acceptors (Lipinski definition) is 7. The van der Waals surface area contributed by atoms with Crippen molar-refractivity contribution in [2.75, 3.05) is 30.8 Å². The van der Waals surface area contributed by atoms with Gasteiger partial charge in [-0.1, -0.05) is 18.2 Å². The number of nitrogens with zero attached hydrogens (tertiary/aromatic N) is 1. The third kappa shape index (κ3) is 4.79. The number of amides is 5. The van der Waals surface area contributed by atoms with Gasteiger partial charge < -0.3 is 25.8 Å². The molecule has 2 aliphatic heterocycles. The maximum atomic E-state index is 13.2. The normalized spacial score (nSPS) is 19.4. The molecule has 1 atom stereocenters. The Bertz CT molecular complexity index is 1160. The monoisotopic (exact) mass is 484 g/mol. The minimum Gasteiger partial charge on any atom is -0.490 e. The Labute approximate surface area is 200 Å². The zero-order chi connectivity index (χ0) is 24.3.